The van der Waals surface area contributed by atoms with Gasteiger partial charge in [-0.3, -0.25) is 4.79 Å². The zero-order chi connectivity index (χ0) is 14.2. The molecule has 5 heteroatoms. The number of carboxylic acid groups (broad SMARTS) is 1. The molecule has 1 heterocycles. The van der Waals surface area contributed by atoms with Crippen molar-refractivity contribution in [3.63, 3.8) is 0 Å². The van der Waals surface area contributed by atoms with Crippen LogP contribution in [0.15, 0.2) is 18.2 Å². The first-order chi connectivity index (χ1) is 8.91. The Balaban J connectivity index is 2.28. The highest BCUT2D eigenvalue weighted by molar-refractivity contribution is 6.31. The van der Waals surface area contributed by atoms with Gasteiger partial charge >= 0.3 is 5.97 Å². The maximum atomic E-state index is 12.4. The molecule has 1 fully saturated rings. The number of nitrogens with zero attached hydrogens (tertiary/aromatic N) is 1. The summed E-state index contributed by atoms with van der Waals surface area (Å²) in [5, 5.41) is 9.83. The summed E-state index contributed by atoms with van der Waals surface area (Å²) in [6.45, 7) is 4.16. The van der Waals surface area contributed by atoms with Crippen LogP contribution in [0.4, 0.5) is 0 Å². The molecule has 1 saturated heterocycles. The molecule has 1 aromatic carbocycles. The lowest BCUT2D eigenvalue weighted by Crippen LogP contribution is -2.42. The molecule has 1 aliphatic rings. The van der Waals surface area contributed by atoms with Gasteiger partial charge in [0.05, 0.1) is 0 Å². The molecule has 2 unspecified atom stereocenters. The van der Waals surface area contributed by atoms with Crippen molar-refractivity contribution in [2.24, 2.45) is 5.92 Å². The van der Waals surface area contributed by atoms with Crippen LogP contribution < -0.4 is 0 Å². The molecule has 1 aliphatic heterocycles. The minimum absolute atomic E-state index is 0.0187. The van der Waals surface area contributed by atoms with E-state index in [-0.39, 0.29) is 11.8 Å². The fourth-order valence-corrected chi connectivity index (χ4v) is 2.61. The minimum atomic E-state index is -0.941. The predicted molar refractivity (Wildman–Crippen MR) is 72.4 cm³/mol. The lowest BCUT2D eigenvalue weighted by atomic mass is 10.0. The van der Waals surface area contributed by atoms with E-state index in [2.05, 4.69) is 0 Å². The molecule has 0 spiro atoms. The lowest BCUT2D eigenvalue weighted by molar-refractivity contribution is -0.142. The highest BCUT2D eigenvalue weighted by Crippen LogP contribution is 2.27. The highest BCUT2D eigenvalue weighted by atomic mass is 35.5. The molecule has 1 N–H and O–H groups in total. The zero-order valence-corrected chi connectivity index (χ0v) is 11.6. The monoisotopic (exact) mass is 281 g/mol. The summed E-state index contributed by atoms with van der Waals surface area (Å²) in [4.78, 5) is 25.1. The number of rotatable bonds is 2. The second-order valence-electron chi connectivity index (χ2n) is 5.01. The smallest absolute Gasteiger partial charge is 0.326 e. The highest BCUT2D eigenvalue weighted by Gasteiger charge is 2.39. The number of aryl methyl sites for hydroxylation is 1. The van der Waals surface area contributed by atoms with Gasteiger partial charge in [-0.05, 0) is 43.0 Å². The number of amides is 1. The third-order valence-electron chi connectivity index (χ3n) is 3.62. The average molecular weight is 282 g/mol. The van der Waals surface area contributed by atoms with Crippen molar-refractivity contribution in [3.8, 4) is 0 Å². The molecule has 4 nitrogen and oxygen atoms in total. The summed E-state index contributed by atoms with van der Waals surface area (Å²) in [6.07, 6.45) is 0.718. The Kier molecular flexibility index (Phi) is 3.80. The minimum Gasteiger partial charge on any atom is -0.480 e. The Bertz CT molecular complexity index is 529. The number of carboxylic acids is 1. The Morgan fingerprint density at radius 3 is 2.68 bits per heavy atom. The van der Waals surface area contributed by atoms with Crippen LogP contribution in [0.1, 0.15) is 29.3 Å². The Labute approximate surface area is 117 Å². The standard InChI is InChI=1S/C14H16ClNO3/c1-8-5-6-16(12(8)14(18)19)13(17)10-3-4-11(15)9(2)7-10/h3-4,7-8,12H,5-6H2,1-2H3,(H,18,19). The van der Waals surface area contributed by atoms with E-state index in [4.69, 9.17) is 11.6 Å². The van der Waals surface area contributed by atoms with E-state index in [1.807, 2.05) is 13.8 Å². The second-order valence-corrected chi connectivity index (χ2v) is 5.42. The van der Waals surface area contributed by atoms with E-state index in [9.17, 15) is 14.7 Å². The summed E-state index contributed by atoms with van der Waals surface area (Å²) in [5.41, 5.74) is 1.30. The van der Waals surface area contributed by atoms with Gasteiger partial charge in [-0.15, -0.1) is 0 Å². The van der Waals surface area contributed by atoms with Gasteiger partial charge in [-0.1, -0.05) is 18.5 Å². The summed E-state index contributed by atoms with van der Waals surface area (Å²) in [7, 11) is 0. The average Bonchev–Trinajstić information content (AvgIpc) is 2.74. The molecule has 2 atom stereocenters. The van der Waals surface area contributed by atoms with Gasteiger partial charge in [-0.2, -0.15) is 0 Å². The first-order valence-electron chi connectivity index (χ1n) is 6.21. The van der Waals surface area contributed by atoms with Crippen molar-refractivity contribution < 1.29 is 14.7 Å². The van der Waals surface area contributed by atoms with Crippen LogP contribution in [0.2, 0.25) is 5.02 Å². The van der Waals surface area contributed by atoms with E-state index >= 15 is 0 Å². The van der Waals surface area contributed by atoms with Crippen LogP contribution >= 0.6 is 11.6 Å². The van der Waals surface area contributed by atoms with Gasteiger partial charge in [0.25, 0.3) is 5.91 Å². The van der Waals surface area contributed by atoms with Crippen LogP contribution in [-0.2, 0) is 4.79 Å². The maximum Gasteiger partial charge on any atom is 0.326 e. The number of likely N-dealkylation sites (tertiary alicyclic amines) is 1. The Hall–Kier alpha value is -1.55. The molecular formula is C14H16ClNO3. The number of hydrogen-bond acceptors (Lipinski definition) is 2. The van der Waals surface area contributed by atoms with Crippen molar-refractivity contribution in [2.45, 2.75) is 26.3 Å². The number of carbonyl (C=O) groups is 2. The Morgan fingerprint density at radius 1 is 1.42 bits per heavy atom. The van der Waals surface area contributed by atoms with E-state index < -0.39 is 12.0 Å². The number of hydrogen-bond donors (Lipinski definition) is 1. The predicted octanol–water partition coefficient (Wildman–Crippen LogP) is 2.58. The SMILES string of the molecule is Cc1cc(C(=O)N2CCC(C)C2C(=O)O)ccc1Cl. The quantitative estimate of drug-likeness (QED) is 0.906. The Morgan fingerprint density at radius 2 is 2.11 bits per heavy atom. The fourth-order valence-electron chi connectivity index (χ4n) is 2.49. The van der Waals surface area contributed by atoms with Crippen molar-refractivity contribution in [1.82, 2.24) is 4.90 Å². The van der Waals surface area contributed by atoms with Crippen molar-refractivity contribution in [2.75, 3.05) is 6.54 Å². The van der Waals surface area contributed by atoms with Gasteiger partial charge in [0.1, 0.15) is 6.04 Å². The van der Waals surface area contributed by atoms with Crippen molar-refractivity contribution in [3.05, 3.63) is 34.3 Å². The second kappa shape index (κ2) is 5.21. The largest absolute Gasteiger partial charge is 0.480 e. The van der Waals surface area contributed by atoms with Gasteiger partial charge in [0.2, 0.25) is 0 Å². The van der Waals surface area contributed by atoms with E-state index in [1.165, 1.54) is 4.90 Å². The van der Waals surface area contributed by atoms with Crippen LogP contribution in [0.25, 0.3) is 0 Å². The molecule has 0 bridgehead atoms. The van der Waals surface area contributed by atoms with Crippen molar-refractivity contribution >= 4 is 23.5 Å². The fraction of sp³-hybridized carbons (Fsp3) is 0.429. The van der Waals surface area contributed by atoms with Gasteiger partial charge < -0.3 is 10.0 Å². The van der Waals surface area contributed by atoms with Crippen LogP contribution in [0, 0.1) is 12.8 Å². The molecule has 19 heavy (non-hydrogen) atoms. The molecule has 0 radical (unpaired) electrons. The molecule has 1 amide bonds. The van der Waals surface area contributed by atoms with Crippen LogP contribution in [0.3, 0.4) is 0 Å². The van der Waals surface area contributed by atoms with Crippen molar-refractivity contribution in [1.29, 1.82) is 0 Å². The molecule has 102 valence electrons. The van der Waals surface area contributed by atoms with E-state index in [1.54, 1.807) is 18.2 Å². The number of aliphatic carboxylic acids is 1. The molecule has 0 saturated carbocycles. The number of halogens is 1. The molecular weight excluding hydrogens is 266 g/mol. The van der Waals surface area contributed by atoms with Gasteiger partial charge in [0.15, 0.2) is 0 Å². The van der Waals surface area contributed by atoms with Crippen LogP contribution in [-0.4, -0.2) is 34.5 Å². The molecule has 0 aromatic heterocycles. The summed E-state index contributed by atoms with van der Waals surface area (Å²) in [6, 6.07) is 4.27. The number of carbonyl (C=O) groups excluding carboxylic acids is 1. The normalized spacial score (nSPS) is 22.6. The van der Waals surface area contributed by atoms with Gasteiger partial charge in [-0.25, -0.2) is 4.79 Å². The zero-order valence-electron chi connectivity index (χ0n) is 10.9. The molecule has 2 rings (SSSR count). The molecule has 1 aromatic rings. The van der Waals surface area contributed by atoms with E-state index in [0.29, 0.717) is 17.1 Å². The van der Waals surface area contributed by atoms with E-state index in [0.717, 1.165) is 12.0 Å². The topological polar surface area (TPSA) is 57.6 Å². The molecule has 0 aliphatic carbocycles. The summed E-state index contributed by atoms with van der Waals surface area (Å²) < 4.78 is 0. The van der Waals surface area contributed by atoms with Crippen LogP contribution in [0.5, 0.6) is 0 Å². The third kappa shape index (κ3) is 2.59. The van der Waals surface area contributed by atoms with Gasteiger partial charge in [0, 0.05) is 17.1 Å². The lowest BCUT2D eigenvalue weighted by Gasteiger charge is -2.23. The first kappa shape index (κ1) is 13.9. The maximum absolute atomic E-state index is 12.4. The first-order valence-corrected chi connectivity index (χ1v) is 6.59. The number of benzene rings is 1. The summed E-state index contributed by atoms with van der Waals surface area (Å²) >= 11 is 5.93. The third-order valence-corrected chi connectivity index (χ3v) is 4.04. The summed E-state index contributed by atoms with van der Waals surface area (Å²) in [5.74, 6) is -1.20.